The highest BCUT2D eigenvalue weighted by molar-refractivity contribution is 7.47. The van der Waals surface area contributed by atoms with Crippen LogP contribution in [0.1, 0.15) is 375 Å². The van der Waals surface area contributed by atoms with Crippen LogP contribution < -0.4 is 21.3 Å². The van der Waals surface area contributed by atoms with Gasteiger partial charge in [0.2, 0.25) is 11.8 Å². The van der Waals surface area contributed by atoms with Crippen molar-refractivity contribution in [1.29, 1.82) is 0 Å². The predicted molar refractivity (Wildman–Crippen MR) is 433 cm³/mol. The van der Waals surface area contributed by atoms with Crippen molar-refractivity contribution in [2.75, 3.05) is 65.9 Å². The summed E-state index contributed by atoms with van der Waals surface area (Å²) in [4.78, 5) is 113. The number of phosphoric ester groups is 2. The largest absolute Gasteiger partial charge is 0.472 e. The van der Waals surface area contributed by atoms with Gasteiger partial charge in [-0.15, -0.1) is 0 Å². The van der Waals surface area contributed by atoms with Crippen molar-refractivity contribution in [3.63, 3.8) is 0 Å². The van der Waals surface area contributed by atoms with Gasteiger partial charge in [0.05, 0.1) is 77.8 Å². The first-order chi connectivity index (χ1) is 52.3. The molecular formula is C83H156N4O19P2. The topological polar surface area (TPSA) is 316 Å². The van der Waals surface area contributed by atoms with Crippen LogP contribution >= 0.6 is 15.6 Å². The maximum Gasteiger partial charge on any atom is 0.472 e. The van der Waals surface area contributed by atoms with Crippen LogP contribution in [0.15, 0.2) is 24.3 Å². The van der Waals surface area contributed by atoms with Crippen LogP contribution in [0.25, 0.3) is 0 Å². The van der Waals surface area contributed by atoms with Crippen molar-refractivity contribution < 1.29 is 89.5 Å². The van der Waals surface area contributed by atoms with Crippen molar-refractivity contribution in [2.24, 2.45) is 0 Å². The molecule has 0 aliphatic heterocycles. The molecule has 6 atom stereocenters. The fraction of sp³-hybridized carbons (Fsp3) is 0.867. The van der Waals surface area contributed by atoms with Crippen molar-refractivity contribution in [1.82, 2.24) is 21.3 Å². The Bertz CT molecular complexity index is 2210. The third kappa shape index (κ3) is 72.4. The lowest BCUT2D eigenvalue weighted by Gasteiger charge is -2.22. The summed E-state index contributed by atoms with van der Waals surface area (Å²) in [6.45, 7) is 10.4. The first-order valence-corrected chi connectivity index (χ1v) is 46.0. The fourth-order valence-electron chi connectivity index (χ4n) is 12.2. The van der Waals surface area contributed by atoms with E-state index in [-0.39, 0.29) is 88.7 Å². The van der Waals surface area contributed by atoms with Gasteiger partial charge in [0.25, 0.3) is 0 Å². The Balaban J connectivity index is 5.71. The Kier molecular flexibility index (Phi) is 73.0. The van der Waals surface area contributed by atoms with Gasteiger partial charge in [-0.1, -0.05) is 258 Å². The normalized spacial score (nSPS) is 13.9. The molecule has 0 aromatic heterocycles. The van der Waals surface area contributed by atoms with Crippen molar-refractivity contribution in [3.8, 4) is 0 Å². The van der Waals surface area contributed by atoms with E-state index in [9.17, 15) is 52.5 Å². The number of ether oxygens (including phenoxy) is 4. The first-order valence-electron chi connectivity index (χ1n) is 43.0. The molecule has 0 radical (unpaired) electrons. The summed E-state index contributed by atoms with van der Waals surface area (Å²) >= 11 is 0. The lowest BCUT2D eigenvalue weighted by atomic mass is 10.0. The number of rotatable bonds is 82. The Morgan fingerprint density at radius 3 is 0.963 bits per heavy atom. The maximum absolute atomic E-state index is 13.3. The van der Waals surface area contributed by atoms with Crippen molar-refractivity contribution in [3.05, 3.63) is 24.3 Å². The average molecular weight is 1580 g/mol. The molecule has 0 spiro atoms. The van der Waals surface area contributed by atoms with Crippen LogP contribution in [0.2, 0.25) is 0 Å². The van der Waals surface area contributed by atoms with Crippen LogP contribution in [-0.2, 0) is 74.9 Å². The van der Waals surface area contributed by atoms with Crippen molar-refractivity contribution in [2.45, 2.75) is 400 Å². The summed E-state index contributed by atoms with van der Waals surface area (Å²) in [7, 11) is -9.61. The Hall–Kier alpha value is -3.89. The summed E-state index contributed by atoms with van der Waals surface area (Å²) in [5, 5.41) is 10.3. The number of urea groups is 1. The molecule has 0 fully saturated rings. The van der Waals surface area contributed by atoms with E-state index in [0.717, 1.165) is 141 Å². The molecular weight excluding hydrogens is 1420 g/mol. The number of hydrogen-bond acceptors (Lipinski definition) is 17. The Morgan fingerprint density at radius 1 is 0.333 bits per heavy atom. The second-order valence-electron chi connectivity index (χ2n) is 29.3. The fourth-order valence-corrected chi connectivity index (χ4v) is 13.7. The van der Waals surface area contributed by atoms with Crippen LogP contribution in [0.4, 0.5) is 4.79 Å². The zero-order chi connectivity index (χ0) is 79.5. The zero-order valence-electron chi connectivity index (χ0n) is 68.7. The summed E-state index contributed by atoms with van der Waals surface area (Å²) in [6.07, 6.45) is 54.8. The zero-order valence-corrected chi connectivity index (χ0v) is 70.5. The summed E-state index contributed by atoms with van der Waals surface area (Å²) in [6, 6.07) is -2.75. The third-order valence-corrected chi connectivity index (χ3v) is 20.6. The number of carbonyl (C=O) groups excluding carboxylic acids is 7. The number of esters is 2. The van der Waals surface area contributed by atoms with Gasteiger partial charge in [-0.2, -0.15) is 0 Å². The van der Waals surface area contributed by atoms with Gasteiger partial charge in [-0.05, 0) is 89.9 Å². The summed E-state index contributed by atoms with van der Waals surface area (Å²) < 4.78 is 71.1. The minimum atomic E-state index is -4.81. The van der Waals surface area contributed by atoms with E-state index in [1.54, 1.807) is 0 Å². The quantitative estimate of drug-likeness (QED) is 0.0108. The number of unbranched alkanes of at least 4 members (excludes halogenated alkanes) is 34. The van der Waals surface area contributed by atoms with Crippen LogP contribution in [0.3, 0.4) is 0 Å². The van der Waals surface area contributed by atoms with Gasteiger partial charge in [0.1, 0.15) is 23.8 Å². The highest BCUT2D eigenvalue weighted by atomic mass is 31.2. The average Bonchev–Trinajstić information content (AvgIpc) is 0.913. The molecule has 6 unspecified atom stereocenters. The molecule has 0 aliphatic rings. The van der Waals surface area contributed by atoms with E-state index in [4.69, 9.17) is 37.0 Å². The lowest BCUT2D eigenvalue weighted by Crippen LogP contribution is -2.42. The molecule has 0 aromatic carbocycles. The molecule has 632 valence electrons. The van der Waals surface area contributed by atoms with Gasteiger partial charge >= 0.3 is 33.6 Å². The predicted octanol–water partition coefficient (Wildman–Crippen LogP) is 20.0. The van der Waals surface area contributed by atoms with Gasteiger partial charge in [-0.3, -0.25) is 46.9 Å². The van der Waals surface area contributed by atoms with Gasteiger partial charge < -0.3 is 50.0 Å². The molecule has 0 aromatic rings. The molecule has 25 heteroatoms. The summed E-state index contributed by atoms with van der Waals surface area (Å²) in [5.74, 6) is -2.18. The van der Waals surface area contributed by atoms with E-state index in [1.165, 1.54) is 103 Å². The molecule has 0 bridgehead atoms. The molecule has 0 aliphatic carbocycles. The van der Waals surface area contributed by atoms with Gasteiger partial charge in [-0.25, -0.2) is 13.9 Å². The molecule has 0 saturated carbocycles. The number of amides is 4. The highest BCUT2D eigenvalue weighted by Crippen LogP contribution is 2.44. The molecule has 0 heterocycles. The third-order valence-electron chi connectivity index (χ3n) is 18.7. The Labute approximate surface area is 654 Å². The second kappa shape index (κ2) is 75.8. The second-order valence-corrected chi connectivity index (χ2v) is 32.2. The van der Waals surface area contributed by atoms with E-state index in [2.05, 4.69) is 87.1 Å². The maximum atomic E-state index is 13.3. The van der Waals surface area contributed by atoms with E-state index in [1.807, 2.05) is 0 Å². The number of allylic oxidation sites excluding steroid dienone is 4. The van der Waals surface area contributed by atoms with Gasteiger partial charge in [0.15, 0.2) is 0 Å². The number of phosphoric acid groups is 2. The number of Topliss-reactive ketones (excluding diaryl/α,β-unsaturated/α-hetero) is 2. The minimum absolute atomic E-state index is 0.140. The molecule has 0 rings (SSSR count). The van der Waals surface area contributed by atoms with E-state index < -0.39 is 84.2 Å². The highest BCUT2D eigenvalue weighted by Gasteiger charge is 2.28. The Morgan fingerprint density at radius 2 is 0.630 bits per heavy atom. The smallest absolute Gasteiger partial charge is 0.462 e. The van der Waals surface area contributed by atoms with E-state index in [0.29, 0.717) is 64.2 Å². The molecule has 4 amide bonds. The first kappa shape index (κ1) is 104. The van der Waals surface area contributed by atoms with Crippen LogP contribution in [0, 0.1) is 0 Å². The number of ketones is 2. The molecule has 108 heavy (non-hydrogen) atoms. The number of nitrogens with one attached hydrogen (secondary N) is 4. The number of carbonyl (C=O) groups is 7. The lowest BCUT2D eigenvalue weighted by molar-refractivity contribution is -0.151. The van der Waals surface area contributed by atoms with E-state index >= 15 is 0 Å². The van der Waals surface area contributed by atoms with Crippen molar-refractivity contribution >= 4 is 57.0 Å². The van der Waals surface area contributed by atoms with Crippen LogP contribution in [0.5, 0.6) is 0 Å². The summed E-state index contributed by atoms with van der Waals surface area (Å²) in [5.41, 5.74) is 0. The van der Waals surface area contributed by atoms with Gasteiger partial charge in [0, 0.05) is 51.6 Å². The number of hydrogen-bond donors (Lipinski definition) is 6. The molecule has 23 nitrogen and oxygen atoms in total. The SMILES string of the molecule is CCCCCC/C=C/CCCC(=O)OC(CCCCCCC)CCOCC(COP(=O)(O)OCCNC(=O)NCCOP(=O)(O)OCC(COCCC(CCCCCCC)OC(=O)CCC/C=C/CCCCCC)NC(=O)CC(=O)CCCCCCCCCCC)NC(=O)CC(=O)CCCCCCCCCCC. The standard InChI is InChI=1S/C83H156N4O19P2/c1-7-13-19-25-29-33-37-43-47-53-75(88)67-79(90)86-73(69-99-63-59-77(55-49-41-23-17-11-5)105-81(92)57-51-45-39-35-31-27-21-15-9-3)71-103-107(95,96)101-65-61-84-83(94)85-62-66-102-108(97,98)104-72-74(87-80(91)68-76(89)54-48-44-38-34-30-26-20-14-8-2)70-100-64-60-78(56-50-42-24-18-12-6)106-82(93)58-52-46-40-36-32-28-22-16-10-4/h35-36,39-40,73-74,77-78H,7-34,37-38,41-72H2,1-6H3,(H,86,90)(H,87,91)(H,95,96)(H,97,98)(H2,84,85,94)/b39-35+,40-36+. The minimum Gasteiger partial charge on any atom is -0.462 e. The van der Waals surface area contributed by atoms with Crippen LogP contribution in [-0.4, -0.2) is 141 Å². The monoisotopic (exact) mass is 1580 g/mol. The molecule has 0 saturated heterocycles. The molecule has 6 N–H and O–H groups in total.